The van der Waals surface area contributed by atoms with Crippen LogP contribution in [0.25, 0.3) is 98.5 Å². The van der Waals surface area contributed by atoms with E-state index in [1.165, 1.54) is 20.2 Å². The SMILES string of the molecule is c1ccc(-c2nc(-c3ccccc3)nc(-c3ccc(-c4ccc5c(c4)sc4ccccc45)c(-c4ccc5oc6ccccc6c5c4)c3)n2)cc1. The molecule has 0 saturated heterocycles. The average Bonchev–Trinajstić information content (AvgIpc) is 3.76. The molecule has 3 heterocycles. The maximum Gasteiger partial charge on any atom is 0.164 e. The highest BCUT2D eigenvalue weighted by Gasteiger charge is 2.17. The van der Waals surface area contributed by atoms with Crippen LogP contribution in [-0.4, -0.2) is 15.0 Å². The van der Waals surface area contributed by atoms with Crippen molar-refractivity contribution in [3.8, 4) is 56.4 Å². The van der Waals surface area contributed by atoms with Crippen LogP contribution in [0.1, 0.15) is 0 Å². The summed E-state index contributed by atoms with van der Waals surface area (Å²) in [7, 11) is 0. The van der Waals surface area contributed by atoms with Crippen molar-refractivity contribution in [1.82, 2.24) is 15.0 Å². The maximum absolute atomic E-state index is 6.21. The van der Waals surface area contributed by atoms with E-state index in [9.17, 15) is 0 Å². The molecule has 7 aromatic carbocycles. The first-order chi connectivity index (χ1) is 24.7. The van der Waals surface area contributed by atoms with Crippen molar-refractivity contribution in [2.24, 2.45) is 0 Å². The highest BCUT2D eigenvalue weighted by Crippen LogP contribution is 2.41. The Balaban J connectivity index is 1.20. The van der Waals surface area contributed by atoms with Crippen molar-refractivity contribution >= 4 is 53.4 Å². The summed E-state index contributed by atoms with van der Waals surface area (Å²) in [6, 6.07) is 57.0. The standard InChI is InChI=1S/C45H27N3OS/c1-3-11-28(12-4-1)43-46-44(29-13-5-2-6-14-29)48-45(47-43)32-20-22-33(31-19-23-36-35-16-8-10-18-41(35)50-42(36)27-31)37(26-32)30-21-24-40-38(25-30)34-15-7-9-17-39(34)49-40/h1-27H. The van der Waals surface area contributed by atoms with Gasteiger partial charge in [-0.25, -0.2) is 15.0 Å². The van der Waals surface area contributed by atoms with Gasteiger partial charge in [-0.05, 0) is 58.7 Å². The van der Waals surface area contributed by atoms with Crippen LogP contribution >= 0.6 is 11.3 Å². The van der Waals surface area contributed by atoms with Crippen LogP contribution in [0.2, 0.25) is 0 Å². The van der Waals surface area contributed by atoms with Crippen molar-refractivity contribution < 1.29 is 4.42 Å². The molecule has 50 heavy (non-hydrogen) atoms. The second kappa shape index (κ2) is 11.6. The number of nitrogens with zero attached hydrogens (tertiary/aromatic N) is 3. The lowest BCUT2D eigenvalue weighted by molar-refractivity contribution is 0.669. The lowest BCUT2D eigenvalue weighted by atomic mass is 9.91. The Hall–Kier alpha value is -6.43. The Kier molecular flexibility index (Phi) is 6.64. The van der Waals surface area contributed by atoms with Gasteiger partial charge in [0.2, 0.25) is 0 Å². The lowest BCUT2D eigenvalue weighted by Crippen LogP contribution is -2.00. The minimum Gasteiger partial charge on any atom is -0.456 e. The Bertz CT molecular complexity index is 2820. The number of rotatable bonds is 5. The second-order valence-corrected chi connectivity index (χ2v) is 13.5. The van der Waals surface area contributed by atoms with Crippen LogP contribution in [0.5, 0.6) is 0 Å². The molecule has 234 valence electrons. The Morgan fingerprint density at radius 1 is 0.340 bits per heavy atom. The molecule has 0 saturated carbocycles. The summed E-state index contributed by atoms with van der Waals surface area (Å²) in [6.07, 6.45) is 0. The van der Waals surface area contributed by atoms with Gasteiger partial charge in [-0.15, -0.1) is 11.3 Å². The zero-order valence-corrected chi connectivity index (χ0v) is 27.6. The van der Waals surface area contributed by atoms with E-state index in [0.717, 1.165) is 60.9 Å². The molecule has 0 fully saturated rings. The fourth-order valence-electron chi connectivity index (χ4n) is 6.90. The van der Waals surface area contributed by atoms with E-state index in [1.54, 1.807) is 0 Å². The van der Waals surface area contributed by atoms with Gasteiger partial charge in [0.05, 0.1) is 0 Å². The average molecular weight is 658 g/mol. The van der Waals surface area contributed by atoms with Crippen molar-refractivity contribution in [2.45, 2.75) is 0 Å². The quantitative estimate of drug-likeness (QED) is 0.185. The van der Waals surface area contributed by atoms with E-state index < -0.39 is 0 Å². The third-order valence-electron chi connectivity index (χ3n) is 9.35. The predicted molar refractivity (Wildman–Crippen MR) is 207 cm³/mol. The smallest absolute Gasteiger partial charge is 0.164 e. The molecule has 10 rings (SSSR count). The number of furan rings is 1. The number of hydrogen-bond donors (Lipinski definition) is 0. The van der Waals surface area contributed by atoms with Crippen LogP contribution in [0, 0.1) is 0 Å². The van der Waals surface area contributed by atoms with Crippen LogP contribution in [0.4, 0.5) is 0 Å². The lowest BCUT2D eigenvalue weighted by Gasteiger charge is -2.14. The first kappa shape index (κ1) is 28.6. The molecule has 0 unspecified atom stereocenters. The minimum atomic E-state index is 0.625. The predicted octanol–water partition coefficient (Wildman–Crippen LogP) is 12.5. The number of thiophene rings is 1. The van der Waals surface area contributed by atoms with E-state index in [-0.39, 0.29) is 0 Å². The second-order valence-electron chi connectivity index (χ2n) is 12.4. The fourth-order valence-corrected chi connectivity index (χ4v) is 8.04. The highest BCUT2D eigenvalue weighted by molar-refractivity contribution is 7.25. The molecule has 0 aliphatic rings. The molecular weight excluding hydrogens is 631 g/mol. The molecule has 0 aliphatic carbocycles. The summed E-state index contributed by atoms with van der Waals surface area (Å²) in [5.74, 6) is 1.91. The third-order valence-corrected chi connectivity index (χ3v) is 10.5. The summed E-state index contributed by atoms with van der Waals surface area (Å²) in [6.45, 7) is 0. The first-order valence-corrected chi connectivity index (χ1v) is 17.4. The van der Waals surface area contributed by atoms with Gasteiger partial charge in [0.1, 0.15) is 11.2 Å². The van der Waals surface area contributed by atoms with Crippen LogP contribution < -0.4 is 0 Å². The Morgan fingerprint density at radius 2 is 0.900 bits per heavy atom. The van der Waals surface area contributed by atoms with Gasteiger partial charge in [0.15, 0.2) is 17.5 Å². The monoisotopic (exact) mass is 657 g/mol. The molecule has 4 nitrogen and oxygen atoms in total. The van der Waals surface area contributed by atoms with Gasteiger partial charge in [-0.3, -0.25) is 0 Å². The maximum atomic E-state index is 6.21. The first-order valence-electron chi connectivity index (χ1n) is 16.6. The van der Waals surface area contributed by atoms with Crippen LogP contribution in [0.15, 0.2) is 168 Å². The normalized spacial score (nSPS) is 11.6. The van der Waals surface area contributed by atoms with E-state index in [4.69, 9.17) is 19.4 Å². The molecule has 5 heteroatoms. The molecular formula is C45H27N3OS. The number of benzene rings is 7. The molecule has 0 radical (unpaired) electrons. The summed E-state index contributed by atoms with van der Waals surface area (Å²) >= 11 is 1.84. The topological polar surface area (TPSA) is 51.8 Å². The summed E-state index contributed by atoms with van der Waals surface area (Å²) < 4.78 is 8.78. The molecule has 0 bridgehead atoms. The summed E-state index contributed by atoms with van der Waals surface area (Å²) in [5.41, 5.74) is 9.05. The van der Waals surface area contributed by atoms with Gasteiger partial charge in [0.25, 0.3) is 0 Å². The van der Waals surface area contributed by atoms with E-state index in [0.29, 0.717) is 17.5 Å². The van der Waals surface area contributed by atoms with E-state index in [1.807, 2.05) is 84.1 Å². The zero-order valence-electron chi connectivity index (χ0n) is 26.7. The van der Waals surface area contributed by atoms with Gasteiger partial charge in [-0.1, -0.05) is 127 Å². The van der Waals surface area contributed by atoms with Gasteiger partial charge >= 0.3 is 0 Å². The molecule has 0 N–H and O–H groups in total. The van der Waals surface area contributed by atoms with Gasteiger partial charge in [0, 0.05) is 47.6 Å². The molecule has 3 aromatic heterocycles. The number of aromatic nitrogens is 3. The Morgan fingerprint density at radius 3 is 1.66 bits per heavy atom. The Labute approximate surface area is 292 Å². The van der Waals surface area contributed by atoms with Gasteiger partial charge < -0.3 is 4.42 Å². The molecule has 0 aliphatic heterocycles. The van der Waals surface area contributed by atoms with Gasteiger partial charge in [-0.2, -0.15) is 0 Å². The summed E-state index contributed by atoms with van der Waals surface area (Å²) in [4.78, 5) is 15.0. The number of fused-ring (bicyclic) bond motifs is 6. The minimum absolute atomic E-state index is 0.625. The highest BCUT2D eigenvalue weighted by atomic mass is 32.1. The molecule has 0 spiro atoms. The fraction of sp³-hybridized carbons (Fsp3) is 0. The van der Waals surface area contributed by atoms with E-state index in [2.05, 4.69) is 91.0 Å². The zero-order chi connectivity index (χ0) is 33.0. The molecule has 0 amide bonds. The summed E-state index contributed by atoms with van der Waals surface area (Å²) in [5, 5.41) is 4.77. The molecule has 10 aromatic rings. The van der Waals surface area contributed by atoms with Crippen LogP contribution in [0.3, 0.4) is 0 Å². The molecule has 0 atom stereocenters. The van der Waals surface area contributed by atoms with Crippen LogP contribution in [-0.2, 0) is 0 Å². The van der Waals surface area contributed by atoms with E-state index >= 15 is 0 Å². The van der Waals surface area contributed by atoms with Crippen molar-refractivity contribution in [3.05, 3.63) is 164 Å². The third kappa shape index (κ3) is 4.87. The number of hydrogen-bond acceptors (Lipinski definition) is 5. The number of para-hydroxylation sites is 1. The van der Waals surface area contributed by atoms with Crippen molar-refractivity contribution in [2.75, 3.05) is 0 Å². The largest absolute Gasteiger partial charge is 0.456 e. The van der Waals surface area contributed by atoms with Crippen molar-refractivity contribution in [3.63, 3.8) is 0 Å². The van der Waals surface area contributed by atoms with Crippen molar-refractivity contribution in [1.29, 1.82) is 0 Å².